The normalized spacial score (nSPS) is 20.3. The van der Waals surface area contributed by atoms with E-state index in [2.05, 4.69) is 95.6 Å². The Kier molecular flexibility index (Phi) is 6.35. The van der Waals surface area contributed by atoms with Crippen LogP contribution in [0.15, 0.2) is 84.9 Å². The summed E-state index contributed by atoms with van der Waals surface area (Å²) < 4.78 is 2.30. The molecule has 1 aromatic heterocycles. The molecule has 4 heteroatoms. The van der Waals surface area contributed by atoms with Gasteiger partial charge in [0.25, 0.3) is 0 Å². The summed E-state index contributed by atoms with van der Waals surface area (Å²) in [5.41, 5.74) is 3.69. The number of hydrogen-bond acceptors (Lipinski definition) is 1. The fourth-order valence-corrected chi connectivity index (χ4v) is 5.10. The molecule has 0 spiro atoms. The minimum atomic E-state index is -0.344. The number of rotatable bonds is 7. The van der Waals surface area contributed by atoms with Gasteiger partial charge in [0.15, 0.2) is 0 Å². The van der Waals surface area contributed by atoms with Crippen molar-refractivity contribution in [2.45, 2.75) is 12.6 Å². The first kappa shape index (κ1) is 21.0. The molecule has 3 aromatic carbocycles. The first-order valence-electron chi connectivity index (χ1n) is 11.8. The highest BCUT2D eigenvalue weighted by atomic mass is 16.3. The van der Waals surface area contributed by atoms with Gasteiger partial charge in [0, 0.05) is 21.8 Å². The Hall–Kier alpha value is -2.92. The van der Waals surface area contributed by atoms with Crippen LogP contribution in [0.5, 0.6) is 0 Å². The topological polar surface area (TPSA) is 34.0 Å². The lowest BCUT2D eigenvalue weighted by Gasteiger charge is -2.30. The van der Waals surface area contributed by atoms with Crippen molar-refractivity contribution in [2.24, 2.45) is 0 Å². The SMILES string of the molecule is O[C@H](Cn1c2ccccc2c2ccccc21)C[NH+]1CC[NH+](C/C=C/c2ccccc2)CC1. The molecule has 0 unspecified atom stereocenters. The predicted octanol–water partition coefficient (Wildman–Crippen LogP) is 1.65. The highest BCUT2D eigenvalue weighted by Gasteiger charge is 2.25. The Morgan fingerprint density at radius 3 is 1.97 bits per heavy atom. The summed E-state index contributed by atoms with van der Waals surface area (Å²) >= 11 is 0. The van der Waals surface area contributed by atoms with Crippen LogP contribution in [0.2, 0.25) is 0 Å². The average molecular weight is 428 g/mol. The standard InChI is InChI=1S/C28H31N3O/c32-24(22-31-27-14-6-4-12-25(27)26-13-5-7-15-28(26)31)21-30-19-17-29(18-20-30)16-8-11-23-9-2-1-3-10-23/h1-15,24,32H,16-22H2/p+2/b11-8+/t24-/m0/s1. The molecule has 1 atom stereocenters. The highest BCUT2D eigenvalue weighted by molar-refractivity contribution is 6.07. The quantitative estimate of drug-likeness (QED) is 0.412. The van der Waals surface area contributed by atoms with Crippen LogP contribution in [0.25, 0.3) is 27.9 Å². The second-order valence-corrected chi connectivity index (χ2v) is 9.02. The number of piperazine rings is 1. The molecule has 1 saturated heterocycles. The Labute approximate surface area is 190 Å². The van der Waals surface area contributed by atoms with Crippen LogP contribution in [-0.2, 0) is 6.54 Å². The predicted molar refractivity (Wildman–Crippen MR) is 132 cm³/mol. The minimum absolute atomic E-state index is 0.344. The minimum Gasteiger partial charge on any atom is -0.385 e. The number of aliphatic hydroxyl groups excluding tert-OH is 1. The van der Waals surface area contributed by atoms with E-state index >= 15 is 0 Å². The zero-order valence-electron chi connectivity index (χ0n) is 18.6. The van der Waals surface area contributed by atoms with Gasteiger partial charge in [-0.05, 0) is 23.8 Å². The molecule has 3 N–H and O–H groups in total. The van der Waals surface area contributed by atoms with Gasteiger partial charge in [-0.15, -0.1) is 0 Å². The molecule has 0 aliphatic carbocycles. The molecule has 4 aromatic rings. The van der Waals surface area contributed by atoms with Crippen LogP contribution in [0.4, 0.5) is 0 Å². The van der Waals surface area contributed by atoms with E-state index < -0.39 is 0 Å². The Bertz CT molecular complexity index is 1140. The van der Waals surface area contributed by atoms with E-state index in [1.165, 1.54) is 32.3 Å². The van der Waals surface area contributed by atoms with Gasteiger partial charge in [-0.1, -0.05) is 72.8 Å². The fraction of sp³-hybridized carbons (Fsp3) is 0.286. The van der Waals surface area contributed by atoms with Crippen molar-refractivity contribution < 1.29 is 14.9 Å². The number of aromatic nitrogens is 1. The highest BCUT2D eigenvalue weighted by Crippen LogP contribution is 2.28. The van der Waals surface area contributed by atoms with Crippen molar-refractivity contribution in [2.75, 3.05) is 39.3 Å². The third kappa shape index (κ3) is 4.63. The van der Waals surface area contributed by atoms with E-state index in [-0.39, 0.29) is 6.10 Å². The molecule has 2 heterocycles. The van der Waals surface area contributed by atoms with Gasteiger partial charge >= 0.3 is 0 Å². The summed E-state index contributed by atoms with van der Waals surface area (Å²) in [4.78, 5) is 3.16. The van der Waals surface area contributed by atoms with Gasteiger partial charge in [0.1, 0.15) is 38.8 Å². The number of benzene rings is 3. The maximum Gasteiger partial charge on any atom is 0.127 e. The molecule has 0 saturated carbocycles. The van der Waals surface area contributed by atoms with Crippen molar-refractivity contribution in [1.29, 1.82) is 0 Å². The van der Waals surface area contributed by atoms with Gasteiger partial charge in [0.2, 0.25) is 0 Å². The summed E-state index contributed by atoms with van der Waals surface area (Å²) in [5.74, 6) is 0. The van der Waals surface area contributed by atoms with Crippen LogP contribution in [0, 0.1) is 0 Å². The molecule has 0 radical (unpaired) electrons. The van der Waals surface area contributed by atoms with Crippen molar-refractivity contribution in [3.63, 3.8) is 0 Å². The van der Waals surface area contributed by atoms with Gasteiger partial charge < -0.3 is 19.5 Å². The Morgan fingerprint density at radius 2 is 1.31 bits per heavy atom. The molecule has 164 valence electrons. The van der Waals surface area contributed by atoms with Crippen molar-refractivity contribution in [3.8, 4) is 0 Å². The molecule has 1 aliphatic rings. The van der Waals surface area contributed by atoms with Crippen LogP contribution in [0.1, 0.15) is 5.56 Å². The molecular weight excluding hydrogens is 394 g/mol. The lowest BCUT2D eigenvalue weighted by Crippen LogP contribution is -3.28. The van der Waals surface area contributed by atoms with E-state index in [1.807, 2.05) is 0 Å². The molecular formula is C28H33N3O+2. The number of aliphatic hydroxyl groups is 1. The molecule has 5 rings (SSSR count). The zero-order chi connectivity index (χ0) is 21.8. The molecule has 4 nitrogen and oxygen atoms in total. The second kappa shape index (κ2) is 9.70. The first-order chi connectivity index (χ1) is 15.8. The zero-order valence-corrected chi connectivity index (χ0v) is 18.6. The average Bonchev–Trinajstić information content (AvgIpc) is 3.15. The number of nitrogens with zero attached hydrogens (tertiary/aromatic N) is 1. The molecule has 32 heavy (non-hydrogen) atoms. The summed E-state index contributed by atoms with van der Waals surface area (Å²) in [5, 5.41) is 13.5. The van der Waals surface area contributed by atoms with Gasteiger partial charge in [0.05, 0.1) is 13.1 Å². The van der Waals surface area contributed by atoms with E-state index in [9.17, 15) is 5.11 Å². The maximum absolute atomic E-state index is 11.0. The van der Waals surface area contributed by atoms with Crippen molar-refractivity contribution >= 4 is 27.9 Å². The smallest absolute Gasteiger partial charge is 0.127 e. The number of quaternary nitrogens is 2. The Morgan fingerprint density at radius 1 is 0.750 bits per heavy atom. The summed E-state index contributed by atoms with van der Waals surface area (Å²) in [6.45, 7) is 7.11. The number of para-hydroxylation sites is 2. The number of fused-ring (bicyclic) bond motifs is 3. The lowest BCUT2D eigenvalue weighted by atomic mass is 10.2. The lowest BCUT2D eigenvalue weighted by molar-refractivity contribution is -1.01. The van der Waals surface area contributed by atoms with E-state index in [0.717, 1.165) is 39.3 Å². The van der Waals surface area contributed by atoms with Gasteiger partial charge in [-0.3, -0.25) is 0 Å². The molecule has 0 bridgehead atoms. The fourth-order valence-electron chi connectivity index (χ4n) is 5.10. The second-order valence-electron chi connectivity index (χ2n) is 9.02. The molecule has 1 aliphatic heterocycles. The Balaban J connectivity index is 1.16. The third-order valence-electron chi connectivity index (χ3n) is 6.78. The van der Waals surface area contributed by atoms with Crippen LogP contribution >= 0.6 is 0 Å². The van der Waals surface area contributed by atoms with E-state index in [4.69, 9.17) is 0 Å². The first-order valence-corrected chi connectivity index (χ1v) is 11.8. The van der Waals surface area contributed by atoms with Crippen molar-refractivity contribution in [1.82, 2.24) is 4.57 Å². The summed E-state index contributed by atoms with van der Waals surface area (Å²) in [6, 6.07) is 27.6. The number of hydrogen-bond donors (Lipinski definition) is 3. The van der Waals surface area contributed by atoms with Crippen LogP contribution in [0.3, 0.4) is 0 Å². The summed E-state index contributed by atoms with van der Waals surface area (Å²) in [7, 11) is 0. The van der Waals surface area contributed by atoms with Gasteiger partial charge in [-0.2, -0.15) is 0 Å². The molecule has 0 amide bonds. The van der Waals surface area contributed by atoms with E-state index in [0.29, 0.717) is 6.54 Å². The van der Waals surface area contributed by atoms with E-state index in [1.54, 1.807) is 4.90 Å². The third-order valence-corrected chi connectivity index (χ3v) is 6.78. The number of nitrogens with one attached hydrogen (secondary N) is 2. The monoisotopic (exact) mass is 427 g/mol. The van der Waals surface area contributed by atoms with Gasteiger partial charge in [-0.25, -0.2) is 0 Å². The summed E-state index contributed by atoms with van der Waals surface area (Å²) in [6.07, 6.45) is 4.18. The van der Waals surface area contributed by atoms with Crippen molar-refractivity contribution in [3.05, 3.63) is 90.5 Å². The molecule has 1 fully saturated rings. The maximum atomic E-state index is 11.0. The largest absolute Gasteiger partial charge is 0.385 e. The van der Waals surface area contributed by atoms with Crippen LogP contribution < -0.4 is 9.80 Å². The van der Waals surface area contributed by atoms with Crippen LogP contribution in [-0.4, -0.2) is 55.0 Å².